The summed E-state index contributed by atoms with van der Waals surface area (Å²) in [5.74, 6) is 1.08. The monoisotopic (exact) mass is 494 g/mol. The highest BCUT2D eigenvalue weighted by Gasteiger charge is 2.33. The van der Waals surface area contributed by atoms with Crippen molar-refractivity contribution in [3.05, 3.63) is 36.0 Å². The summed E-state index contributed by atoms with van der Waals surface area (Å²) in [5, 5.41) is 19.9. The smallest absolute Gasteiger partial charge is 0.402 e. The van der Waals surface area contributed by atoms with Crippen LogP contribution in [0.2, 0.25) is 0 Å². The van der Waals surface area contributed by atoms with Crippen LogP contribution in [0.15, 0.2) is 36.0 Å². The number of carbonyl (C=O) groups is 2. The predicted octanol–water partition coefficient (Wildman–Crippen LogP) is 5.74. The number of nitrogens with one attached hydrogen (secondary N) is 1. The molecular formula is C28H50N2O5. The molecule has 1 heterocycles. The Morgan fingerprint density at radius 1 is 1.11 bits per heavy atom. The van der Waals surface area contributed by atoms with Crippen LogP contribution in [0.25, 0.3) is 0 Å². The van der Waals surface area contributed by atoms with Gasteiger partial charge in [-0.15, -0.1) is 0 Å². The van der Waals surface area contributed by atoms with Crippen LogP contribution >= 0.6 is 0 Å². The minimum atomic E-state index is -1.33. The third-order valence-corrected chi connectivity index (χ3v) is 6.12. The average molecular weight is 495 g/mol. The fraction of sp³-hybridized carbons (Fsp3) is 0.714. The number of carboxylic acid groups (broad SMARTS) is 1. The molecule has 0 aromatic rings. The quantitative estimate of drug-likeness (QED) is 0.253. The maximum absolute atomic E-state index is 11.8. The van der Waals surface area contributed by atoms with Crippen molar-refractivity contribution in [2.75, 3.05) is 6.61 Å². The number of hydrogen-bond donors (Lipinski definition) is 4. The second-order valence-electron chi connectivity index (χ2n) is 9.82. The van der Waals surface area contributed by atoms with Gasteiger partial charge in [0.25, 0.3) is 0 Å². The van der Waals surface area contributed by atoms with Crippen molar-refractivity contribution in [1.82, 2.24) is 5.32 Å². The molecule has 0 radical (unpaired) electrons. The van der Waals surface area contributed by atoms with Gasteiger partial charge in [-0.25, -0.2) is 4.79 Å². The van der Waals surface area contributed by atoms with E-state index in [4.69, 9.17) is 14.6 Å². The zero-order valence-electron chi connectivity index (χ0n) is 22.8. The normalized spacial score (nSPS) is 26.3. The molecule has 0 bridgehead atoms. The first-order valence-corrected chi connectivity index (χ1v) is 13.1. The lowest BCUT2D eigenvalue weighted by molar-refractivity contribution is -0.117. The lowest BCUT2D eigenvalue weighted by atomic mass is 9.83. The van der Waals surface area contributed by atoms with Crippen LogP contribution in [-0.2, 0) is 9.53 Å². The van der Waals surface area contributed by atoms with Gasteiger partial charge in [-0.05, 0) is 90.0 Å². The fourth-order valence-corrected chi connectivity index (χ4v) is 4.57. The molecule has 2 fully saturated rings. The van der Waals surface area contributed by atoms with Gasteiger partial charge in [0.1, 0.15) is 0 Å². The van der Waals surface area contributed by atoms with E-state index in [0.717, 1.165) is 38.5 Å². The van der Waals surface area contributed by atoms with Crippen LogP contribution in [0.4, 0.5) is 4.79 Å². The topological polar surface area (TPSA) is 122 Å². The highest BCUT2D eigenvalue weighted by atomic mass is 16.5. The molecule has 1 aliphatic carbocycles. The van der Waals surface area contributed by atoms with Crippen molar-refractivity contribution >= 4 is 12.0 Å². The number of nitrogens with two attached hydrogens (primary N) is 1. The van der Waals surface area contributed by atoms with Crippen molar-refractivity contribution in [2.45, 2.75) is 111 Å². The number of ether oxygens (including phenoxy) is 1. The standard InChI is InChI=1S/C25H41NO3.C2H6.CH3NO2/c1-5-6-7-24(28)26-22-13-11-20(12-14-22)10-8-19(2)9-15-23-16-21(18-27)17-25(3,4)29-23;1-2;2-1(3)4/h6-9,15,20-23,27H,5,10-14,16-18H2,1-4H3,(H,26,28);1-2H3;2H2,(H,3,4)/b7-6-,15-9+,19-8+;;. The first-order chi connectivity index (χ1) is 16.5. The number of allylic oxidation sites excluding steroid dienone is 4. The Morgan fingerprint density at radius 3 is 2.26 bits per heavy atom. The average Bonchev–Trinajstić information content (AvgIpc) is 2.81. The molecule has 1 saturated carbocycles. The summed E-state index contributed by atoms with van der Waals surface area (Å²) < 4.78 is 6.15. The Hall–Kier alpha value is -2.12. The highest BCUT2D eigenvalue weighted by Crippen LogP contribution is 2.33. The lowest BCUT2D eigenvalue weighted by Gasteiger charge is -2.39. The van der Waals surface area contributed by atoms with Gasteiger partial charge in [0, 0.05) is 12.6 Å². The summed E-state index contributed by atoms with van der Waals surface area (Å²) in [5.41, 5.74) is 5.14. The highest BCUT2D eigenvalue weighted by molar-refractivity contribution is 5.87. The Kier molecular flexibility index (Phi) is 17.1. The van der Waals surface area contributed by atoms with E-state index in [1.54, 1.807) is 6.08 Å². The van der Waals surface area contributed by atoms with E-state index in [0.29, 0.717) is 17.9 Å². The Balaban J connectivity index is 0.00000174. The van der Waals surface area contributed by atoms with E-state index in [1.165, 1.54) is 18.4 Å². The molecule has 1 saturated heterocycles. The fourth-order valence-electron chi connectivity index (χ4n) is 4.57. The second kappa shape index (κ2) is 18.2. The molecule has 2 atom stereocenters. The Bertz CT molecular complexity index is 687. The molecule has 0 aromatic heterocycles. The van der Waals surface area contributed by atoms with Crippen molar-refractivity contribution in [3.63, 3.8) is 0 Å². The summed E-state index contributed by atoms with van der Waals surface area (Å²) >= 11 is 0. The molecule has 0 aromatic carbocycles. The van der Waals surface area contributed by atoms with Gasteiger partial charge in [0.2, 0.25) is 5.91 Å². The van der Waals surface area contributed by atoms with Gasteiger partial charge >= 0.3 is 6.09 Å². The molecule has 202 valence electrons. The molecular weight excluding hydrogens is 444 g/mol. The number of aliphatic hydroxyl groups is 1. The van der Waals surface area contributed by atoms with Crippen molar-refractivity contribution < 1.29 is 24.5 Å². The Morgan fingerprint density at radius 2 is 1.71 bits per heavy atom. The van der Waals surface area contributed by atoms with E-state index in [9.17, 15) is 9.90 Å². The first kappa shape index (κ1) is 32.9. The molecule has 2 amide bonds. The van der Waals surface area contributed by atoms with Crippen molar-refractivity contribution in [1.29, 1.82) is 0 Å². The number of amides is 2. The maximum atomic E-state index is 11.8. The summed E-state index contributed by atoms with van der Waals surface area (Å²) in [6.07, 6.45) is 17.3. The van der Waals surface area contributed by atoms with E-state index in [-0.39, 0.29) is 24.2 Å². The molecule has 5 N–H and O–H groups in total. The van der Waals surface area contributed by atoms with E-state index in [2.05, 4.69) is 50.0 Å². The van der Waals surface area contributed by atoms with Crippen LogP contribution in [0.5, 0.6) is 0 Å². The van der Waals surface area contributed by atoms with Gasteiger partial charge in [-0.3, -0.25) is 4.79 Å². The number of aliphatic hydroxyl groups excluding tert-OH is 1. The van der Waals surface area contributed by atoms with Crippen LogP contribution in [0, 0.1) is 11.8 Å². The minimum absolute atomic E-state index is 0.0488. The number of primary amides is 1. The van der Waals surface area contributed by atoms with Crippen LogP contribution in [0.1, 0.15) is 92.9 Å². The molecule has 2 rings (SSSR count). The van der Waals surface area contributed by atoms with Crippen LogP contribution < -0.4 is 11.1 Å². The SMILES string of the molecule is CC.CC/C=C\C(=O)NC1CCC(C/C=C(C)/C=C/C2CC(CO)CC(C)(C)O2)CC1.NC(=O)O. The number of hydrogen-bond acceptors (Lipinski definition) is 4. The van der Waals surface area contributed by atoms with E-state index >= 15 is 0 Å². The van der Waals surface area contributed by atoms with E-state index in [1.807, 2.05) is 26.8 Å². The third-order valence-electron chi connectivity index (χ3n) is 6.12. The minimum Gasteiger partial charge on any atom is -0.465 e. The Labute approximate surface area is 212 Å². The summed E-state index contributed by atoms with van der Waals surface area (Å²) in [7, 11) is 0. The zero-order valence-corrected chi connectivity index (χ0v) is 22.8. The first-order valence-electron chi connectivity index (χ1n) is 13.1. The number of carbonyl (C=O) groups excluding carboxylic acids is 1. The lowest BCUT2D eigenvalue weighted by Crippen LogP contribution is -2.39. The van der Waals surface area contributed by atoms with Crippen LogP contribution in [0.3, 0.4) is 0 Å². The zero-order chi connectivity index (χ0) is 26.9. The molecule has 7 heteroatoms. The van der Waals surface area contributed by atoms with Gasteiger partial charge in [-0.2, -0.15) is 0 Å². The van der Waals surface area contributed by atoms with Gasteiger partial charge in [-0.1, -0.05) is 50.6 Å². The van der Waals surface area contributed by atoms with Gasteiger partial charge in [0.15, 0.2) is 0 Å². The second-order valence-corrected chi connectivity index (χ2v) is 9.82. The van der Waals surface area contributed by atoms with Gasteiger partial charge < -0.3 is 26.0 Å². The predicted molar refractivity (Wildman–Crippen MR) is 143 cm³/mol. The number of rotatable bonds is 8. The van der Waals surface area contributed by atoms with Crippen molar-refractivity contribution in [3.8, 4) is 0 Å². The molecule has 35 heavy (non-hydrogen) atoms. The molecule has 1 aliphatic heterocycles. The summed E-state index contributed by atoms with van der Waals surface area (Å²) in [6, 6.07) is 0.330. The summed E-state index contributed by atoms with van der Waals surface area (Å²) in [4.78, 5) is 20.6. The van der Waals surface area contributed by atoms with Crippen molar-refractivity contribution in [2.24, 2.45) is 17.6 Å². The molecule has 0 spiro atoms. The molecule has 2 aliphatic rings. The van der Waals surface area contributed by atoms with Crippen LogP contribution in [-0.4, -0.2) is 46.6 Å². The maximum Gasteiger partial charge on any atom is 0.402 e. The molecule has 7 nitrogen and oxygen atoms in total. The molecule has 2 unspecified atom stereocenters. The summed E-state index contributed by atoms with van der Waals surface area (Å²) in [6.45, 7) is 12.6. The third kappa shape index (κ3) is 16.2. The largest absolute Gasteiger partial charge is 0.465 e. The van der Waals surface area contributed by atoms with E-state index < -0.39 is 6.09 Å². The van der Waals surface area contributed by atoms with Gasteiger partial charge in [0.05, 0.1) is 11.7 Å².